The number of rotatable bonds is 5. The van der Waals surface area contributed by atoms with E-state index >= 15 is 0 Å². The van der Waals surface area contributed by atoms with Gasteiger partial charge in [-0.1, -0.05) is 36.0 Å². The van der Waals surface area contributed by atoms with E-state index in [1.54, 1.807) is 49.4 Å². The molecular formula is C21H17FN4O3S2. The first-order chi connectivity index (χ1) is 14.9. The Bertz CT molecular complexity index is 1410. The van der Waals surface area contributed by atoms with Crippen molar-refractivity contribution in [3.05, 3.63) is 80.7 Å². The van der Waals surface area contributed by atoms with Crippen molar-refractivity contribution in [1.29, 1.82) is 0 Å². The van der Waals surface area contributed by atoms with E-state index in [4.69, 9.17) is 0 Å². The summed E-state index contributed by atoms with van der Waals surface area (Å²) in [5.41, 5.74) is 0.123. The van der Waals surface area contributed by atoms with E-state index in [2.05, 4.69) is 10.3 Å². The number of nitrogens with zero attached hydrogens (tertiary/aromatic N) is 3. The van der Waals surface area contributed by atoms with Crippen LogP contribution in [0.3, 0.4) is 0 Å². The first kappa shape index (κ1) is 21.0. The number of amides is 1. The quantitative estimate of drug-likeness (QED) is 0.465. The number of fused-ring (bicyclic) bond motifs is 1. The Kier molecular flexibility index (Phi) is 5.75. The molecule has 0 aliphatic rings. The maximum Gasteiger partial charge on any atom is 0.337 e. The summed E-state index contributed by atoms with van der Waals surface area (Å²) in [7, 11) is 0. The SMILES string of the molecule is CSc1nc2c(s1)c(=O)n(-c1ccccc1)c(=O)n2CC(=O)Nc1ccc(C)c(F)c1. The van der Waals surface area contributed by atoms with Crippen LogP contribution in [0.25, 0.3) is 16.0 Å². The predicted molar refractivity (Wildman–Crippen MR) is 121 cm³/mol. The van der Waals surface area contributed by atoms with Gasteiger partial charge in [-0.2, -0.15) is 0 Å². The van der Waals surface area contributed by atoms with Crippen LogP contribution >= 0.6 is 23.1 Å². The Morgan fingerprint density at radius 3 is 2.61 bits per heavy atom. The maximum atomic E-state index is 13.8. The Balaban J connectivity index is 1.81. The van der Waals surface area contributed by atoms with Gasteiger partial charge in [0.2, 0.25) is 5.91 Å². The van der Waals surface area contributed by atoms with E-state index in [9.17, 15) is 18.8 Å². The Morgan fingerprint density at radius 1 is 1.19 bits per heavy atom. The van der Waals surface area contributed by atoms with E-state index < -0.39 is 23.0 Å². The fraction of sp³-hybridized carbons (Fsp3) is 0.143. The second-order valence-corrected chi connectivity index (χ2v) is 8.75. The zero-order valence-electron chi connectivity index (χ0n) is 16.6. The first-order valence-corrected chi connectivity index (χ1v) is 11.2. The summed E-state index contributed by atoms with van der Waals surface area (Å²) in [4.78, 5) is 43.3. The Hall–Kier alpha value is -3.24. The number of para-hydroxylation sites is 1. The van der Waals surface area contributed by atoms with Gasteiger partial charge < -0.3 is 5.32 Å². The lowest BCUT2D eigenvalue weighted by atomic mass is 10.2. The van der Waals surface area contributed by atoms with Crippen LogP contribution < -0.4 is 16.6 Å². The number of anilines is 1. The lowest BCUT2D eigenvalue weighted by Gasteiger charge is -2.12. The second-order valence-electron chi connectivity index (χ2n) is 6.69. The fourth-order valence-corrected chi connectivity index (χ4v) is 4.56. The van der Waals surface area contributed by atoms with Gasteiger partial charge in [-0.15, -0.1) is 11.3 Å². The largest absolute Gasteiger partial charge is 0.337 e. The molecule has 7 nitrogen and oxygen atoms in total. The predicted octanol–water partition coefficient (Wildman–Crippen LogP) is 3.42. The number of aromatic nitrogens is 3. The van der Waals surface area contributed by atoms with Crippen LogP contribution in [0.4, 0.5) is 10.1 Å². The van der Waals surface area contributed by atoms with Gasteiger partial charge in [-0.05, 0) is 43.0 Å². The molecular weight excluding hydrogens is 439 g/mol. The van der Waals surface area contributed by atoms with Crippen LogP contribution in [0, 0.1) is 12.7 Å². The minimum absolute atomic E-state index is 0.154. The van der Waals surface area contributed by atoms with Gasteiger partial charge in [0.1, 0.15) is 17.1 Å². The zero-order chi connectivity index (χ0) is 22.1. The molecule has 0 saturated carbocycles. The summed E-state index contributed by atoms with van der Waals surface area (Å²) < 4.78 is 16.9. The first-order valence-electron chi connectivity index (χ1n) is 9.21. The average molecular weight is 457 g/mol. The monoisotopic (exact) mass is 456 g/mol. The minimum atomic E-state index is -0.674. The van der Waals surface area contributed by atoms with Gasteiger partial charge >= 0.3 is 5.69 Å². The minimum Gasteiger partial charge on any atom is -0.324 e. The molecule has 0 bridgehead atoms. The molecule has 10 heteroatoms. The molecule has 1 N–H and O–H groups in total. The molecule has 0 radical (unpaired) electrons. The number of halogens is 1. The molecule has 2 aromatic carbocycles. The topological polar surface area (TPSA) is 86.0 Å². The highest BCUT2D eigenvalue weighted by Gasteiger charge is 2.20. The molecule has 0 unspecified atom stereocenters. The van der Waals surface area contributed by atoms with Gasteiger partial charge in [0.25, 0.3) is 5.56 Å². The third-order valence-corrected chi connectivity index (χ3v) is 6.63. The van der Waals surface area contributed by atoms with Gasteiger partial charge in [-0.3, -0.25) is 14.2 Å². The van der Waals surface area contributed by atoms with Crippen LogP contribution in [-0.2, 0) is 11.3 Å². The van der Waals surface area contributed by atoms with Crippen LogP contribution in [-0.4, -0.2) is 26.3 Å². The van der Waals surface area contributed by atoms with E-state index in [1.165, 1.54) is 33.7 Å². The average Bonchev–Trinajstić information content (AvgIpc) is 3.19. The molecule has 0 aliphatic carbocycles. The van der Waals surface area contributed by atoms with Crippen molar-refractivity contribution in [2.24, 2.45) is 0 Å². The van der Waals surface area contributed by atoms with E-state index in [0.29, 0.717) is 15.6 Å². The summed E-state index contributed by atoms with van der Waals surface area (Å²) >= 11 is 2.51. The van der Waals surface area contributed by atoms with Crippen LogP contribution in [0.2, 0.25) is 0 Å². The Labute approximate surface area is 184 Å². The highest BCUT2D eigenvalue weighted by molar-refractivity contribution is 8.00. The molecule has 0 aliphatic heterocycles. The third kappa shape index (κ3) is 4.04. The number of carbonyl (C=O) groups is 1. The van der Waals surface area contributed by atoms with Crippen molar-refractivity contribution in [2.75, 3.05) is 11.6 Å². The number of thioether (sulfide) groups is 1. The smallest absolute Gasteiger partial charge is 0.324 e. The number of hydrogen-bond acceptors (Lipinski definition) is 6. The van der Waals surface area contributed by atoms with Gasteiger partial charge in [0.15, 0.2) is 9.99 Å². The van der Waals surface area contributed by atoms with E-state index in [-0.39, 0.29) is 22.6 Å². The standard InChI is InChI=1S/C21H17FN4O3S2/c1-12-8-9-13(10-15(12)22)23-16(27)11-25-18-17(31-20(24-18)30-2)19(28)26(21(25)29)14-6-4-3-5-7-14/h3-10H,11H2,1-2H3,(H,23,27). The van der Waals surface area contributed by atoms with Crippen LogP contribution in [0.1, 0.15) is 5.56 Å². The Morgan fingerprint density at radius 2 is 1.94 bits per heavy atom. The summed E-state index contributed by atoms with van der Waals surface area (Å²) in [5.74, 6) is -0.984. The zero-order valence-corrected chi connectivity index (χ0v) is 18.2. The third-order valence-electron chi connectivity index (χ3n) is 4.61. The van der Waals surface area contributed by atoms with Gasteiger partial charge in [-0.25, -0.2) is 18.7 Å². The highest BCUT2D eigenvalue weighted by Crippen LogP contribution is 2.25. The second kappa shape index (κ2) is 8.48. The van der Waals surface area contributed by atoms with Gasteiger partial charge in [0, 0.05) is 5.69 Å². The normalized spacial score (nSPS) is 11.1. The highest BCUT2D eigenvalue weighted by atomic mass is 32.2. The van der Waals surface area contributed by atoms with Crippen LogP contribution in [0.15, 0.2) is 62.5 Å². The van der Waals surface area contributed by atoms with Gasteiger partial charge in [0.05, 0.1) is 5.69 Å². The number of aryl methyl sites for hydroxylation is 1. The summed E-state index contributed by atoms with van der Waals surface area (Å²) in [6, 6.07) is 12.8. The molecule has 0 saturated heterocycles. The number of thiazole rings is 1. The van der Waals surface area contributed by atoms with Crippen molar-refractivity contribution < 1.29 is 9.18 Å². The number of carbonyl (C=O) groups excluding carboxylic acids is 1. The maximum absolute atomic E-state index is 13.8. The van der Waals surface area contributed by atoms with Crippen molar-refractivity contribution in [2.45, 2.75) is 17.8 Å². The summed E-state index contributed by atoms with van der Waals surface area (Å²) in [6.07, 6.45) is 1.81. The van der Waals surface area contributed by atoms with Crippen LogP contribution in [0.5, 0.6) is 0 Å². The number of nitrogens with one attached hydrogen (secondary N) is 1. The van der Waals surface area contributed by atoms with Crippen molar-refractivity contribution in [1.82, 2.24) is 14.1 Å². The molecule has 0 spiro atoms. The van der Waals surface area contributed by atoms with Crippen molar-refractivity contribution in [3.8, 4) is 5.69 Å². The fourth-order valence-electron chi connectivity index (χ4n) is 3.06. The van der Waals surface area contributed by atoms with Crippen molar-refractivity contribution >= 4 is 45.0 Å². The molecule has 31 heavy (non-hydrogen) atoms. The summed E-state index contributed by atoms with van der Waals surface area (Å²) in [5, 5.41) is 2.59. The van der Waals surface area contributed by atoms with E-state index in [0.717, 1.165) is 4.57 Å². The van der Waals surface area contributed by atoms with Crippen molar-refractivity contribution in [3.63, 3.8) is 0 Å². The molecule has 4 rings (SSSR count). The molecule has 0 atom stereocenters. The molecule has 2 aromatic heterocycles. The lowest BCUT2D eigenvalue weighted by Crippen LogP contribution is -2.40. The summed E-state index contributed by atoms with van der Waals surface area (Å²) in [6.45, 7) is 1.24. The number of hydrogen-bond donors (Lipinski definition) is 1. The lowest BCUT2D eigenvalue weighted by molar-refractivity contribution is -0.116. The molecule has 1 amide bonds. The van der Waals surface area contributed by atoms with E-state index in [1.807, 2.05) is 6.26 Å². The molecule has 158 valence electrons. The molecule has 4 aromatic rings. The molecule has 0 fully saturated rings. The number of benzene rings is 2. The molecule has 2 heterocycles.